The van der Waals surface area contributed by atoms with Gasteiger partial charge in [-0.25, -0.2) is 14.4 Å². The number of rotatable bonds is 4. The van der Waals surface area contributed by atoms with Crippen LogP contribution in [0, 0.1) is 18.2 Å². The van der Waals surface area contributed by atoms with E-state index < -0.39 is 0 Å². The van der Waals surface area contributed by atoms with Gasteiger partial charge in [0.25, 0.3) is 0 Å². The van der Waals surface area contributed by atoms with Gasteiger partial charge in [-0.1, -0.05) is 6.07 Å². The molecule has 1 heterocycles. The van der Waals surface area contributed by atoms with Crippen LogP contribution < -0.4 is 10.6 Å². The quantitative estimate of drug-likeness (QED) is 0.662. The van der Waals surface area contributed by atoms with Crippen LogP contribution in [-0.2, 0) is 0 Å². The zero-order valence-electron chi connectivity index (χ0n) is 11.4. The highest BCUT2D eigenvalue weighted by atomic mass is 19.1. The summed E-state index contributed by atoms with van der Waals surface area (Å²) in [5.41, 5.74) is 7.20. The lowest BCUT2D eigenvalue weighted by atomic mass is 10.2. The summed E-state index contributed by atoms with van der Waals surface area (Å²) in [5, 5.41) is 7.47. The van der Waals surface area contributed by atoms with Crippen molar-refractivity contribution in [3.63, 3.8) is 0 Å². The Balaban J connectivity index is 2.49. The van der Waals surface area contributed by atoms with Gasteiger partial charge < -0.3 is 10.6 Å². The first-order valence-electron chi connectivity index (χ1n) is 6.24. The lowest BCUT2D eigenvalue weighted by molar-refractivity contribution is 0.627. The summed E-state index contributed by atoms with van der Waals surface area (Å²) in [5.74, 6) is -0.0317. The molecule has 0 atom stereocenters. The topological polar surface area (TPSA) is 78.9 Å². The summed E-state index contributed by atoms with van der Waals surface area (Å²) < 4.78 is 13.3. The number of amidine groups is 1. The second-order valence-corrected chi connectivity index (χ2v) is 4.33. The van der Waals surface area contributed by atoms with E-state index in [1.807, 2.05) is 6.92 Å². The highest BCUT2D eigenvalue weighted by Crippen LogP contribution is 2.23. The van der Waals surface area contributed by atoms with Gasteiger partial charge in [0.1, 0.15) is 17.3 Å². The van der Waals surface area contributed by atoms with Crippen molar-refractivity contribution in [2.45, 2.75) is 13.8 Å². The Morgan fingerprint density at radius 1 is 1.35 bits per heavy atom. The third kappa shape index (κ3) is 2.90. The van der Waals surface area contributed by atoms with E-state index in [9.17, 15) is 4.39 Å². The molecule has 0 saturated carbocycles. The molecule has 0 amide bonds. The Morgan fingerprint density at radius 2 is 2.10 bits per heavy atom. The number of halogens is 1. The van der Waals surface area contributed by atoms with Crippen LogP contribution in [-0.4, -0.2) is 22.3 Å². The van der Waals surface area contributed by atoms with Crippen LogP contribution in [0.15, 0.2) is 30.3 Å². The van der Waals surface area contributed by atoms with Gasteiger partial charge in [0, 0.05) is 17.9 Å². The first kappa shape index (κ1) is 13.9. The zero-order chi connectivity index (χ0) is 14.7. The van der Waals surface area contributed by atoms with Gasteiger partial charge in [0.05, 0.1) is 0 Å². The SMILES string of the molecule is CCN(c1cccc(F)c1)c1nc(C)cc(C(=N)N)n1. The summed E-state index contributed by atoms with van der Waals surface area (Å²) in [7, 11) is 0. The average molecular weight is 273 g/mol. The fraction of sp³-hybridized carbons (Fsp3) is 0.214. The molecule has 0 unspecified atom stereocenters. The van der Waals surface area contributed by atoms with E-state index in [4.69, 9.17) is 11.1 Å². The molecule has 2 rings (SSSR count). The Bertz CT molecular complexity index is 641. The van der Waals surface area contributed by atoms with E-state index >= 15 is 0 Å². The molecule has 0 radical (unpaired) electrons. The Hall–Kier alpha value is -2.50. The summed E-state index contributed by atoms with van der Waals surface area (Å²) in [6.07, 6.45) is 0. The van der Waals surface area contributed by atoms with E-state index in [1.165, 1.54) is 12.1 Å². The first-order valence-corrected chi connectivity index (χ1v) is 6.24. The third-order valence-electron chi connectivity index (χ3n) is 2.80. The molecule has 0 aliphatic carbocycles. The fourth-order valence-corrected chi connectivity index (χ4v) is 1.90. The molecule has 1 aromatic heterocycles. The summed E-state index contributed by atoms with van der Waals surface area (Å²) in [6.45, 7) is 4.30. The van der Waals surface area contributed by atoms with Gasteiger partial charge in [-0.15, -0.1) is 0 Å². The van der Waals surface area contributed by atoms with Crippen LogP contribution in [0.5, 0.6) is 0 Å². The van der Waals surface area contributed by atoms with E-state index in [0.29, 0.717) is 29.6 Å². The fourth-order valence-electron chi connectivity index (χ4n) is 1.90. The molecule has 104 valence electrons. The molecule has 1 aromatic carbocycles. The second kappa shape index (κ2) is 5.64. The lowest BCUT2D eigenvalue weighted by Gasteiger charge is -2.21. The molecule has 0 spiro atoms. The molecule has 3 N–H and O–H groups in total. The van der Waals surface area contributed by atoms with Crippen molar-refractivity contribution in [2.24, 2.45) is 5.73 Å². The van der Waals surface area contributed by atoms with E-state index in [0.717, 1.165) is 0 Å². The van der Waals surface area contributed by atoms with Crippen molar-refractivity contribution < 1.29 is 4.39 Å². The smallest absolute Gasteiger partial charge is 0.230 e. The monoisotopic (exact) mass is 273 g/mol. The van der Waals surface area contributed by atoms with Crippen molar-refractivity contribution in [3.05, 3.63) is 47.5 Å². The van der Waals surface area contributed by atoms with Gasteiger partial charge in [0.15, 0.2) is 0 Å². The number of benzene rings is 1. The lowest BCUT2D eigenvalue weighted by Crippen LogP contribution is -2.22. The van der Waals surface area contributed by atoms with Crippen LogP contribution in [0.3, 0.4) is 0 Å². The summed E-state index contributed by atoms with van der Waals surface area (Å²) >= 11 is 0. The summed E-state index contributed by atoms with van der Waals surface area (Å²) in [4.78, 5) is 10.4. The van der Waals surface area contributed by atoms with Gasteiger partial charge in [-0.2, -0.15) is 0 Å². The van der Waals surface area contributed by atoms with Crippen molar-refractivity contribution in [1.82, 2.24) is 9.97 Å². The van der Waals surface area contributed by atoms with E-state index in [-0.39, 0.29) is 11.7 Å². The first-order chi connectivity index (χ1) is 9.51. The minimum atomic E-state index is -0.319. The van der Waals surface area contributed by atoms with Crippen LogP contribution in [0.4, 0.5) is 16.0 Å². The molecule has 6 heteroatoms. The number of nitrogens with zero attached hydrogens (tertiary/aromatic N) is 3. The maximum atomic E-state index is 13.3. The zero-order valence-corrected chi connectivity index (χ0v) is 11.4. The normalized spacial score (nSPS) is 10.3. The largest absolute Gasteiger partial charge is 0.382 e. The molecule has 0 saturated heterocycles. The van der Waals surface area contributed by atoms with Gasteiger partial charge >= 0.3 is 0 Å². The Labute approximate surface area is 116 Å². The van der Waals surface area contributed by atoms with Crippen LogP contribution in [0.25, 0.3) is 0 Å². The van der Waals surface area contributed by atoms with Crippen molar-refractivity contribution in [3.8, 4) is 0 Å². The number of aryl methyl sites for hydroxylation is 1. The number of nitrogens with one attached hydrogen (secondary N) is 1. The maximum absolute atomic E-state index is 13.3. The highest BCUT2D eigenvalue weighted by molar-refractivity contribution is 5.93. The predicted molar refractivity (Wildman–Crippen MR) is 76.9 cm³/mol. The second-order valence-electron chi connectivity index (χ2n) is 4.33. The van der Waals surface area contributed by atoms with Crippen LogP contribution in [0.2, 0.25) is 0 Å². The Morgan fingerprint density at radius 3 is 2.70 bits per heavy atom. The molecule has 0 aliphatic rings. The molecular weight excluding hydrogens is 257 g/mol. The van der Waals surface area contributed by atoms with Gasteiger partial charge in [-0.05, 0) is 38.1 Å². The highest BCUT2D eigenvalue weighted by Gasteiger charge is 2.13. The predicted octanol–water partition coefficient (Wildman–Crippen LogP) is 2.37. The maximum Gasteiger partial charge on any atom is 0.230 e. The van der Waals surface area contributed by atoms with E-state index in [2.05, 4.69) is 9.97 Å². The molecule has 0 bridgehead atoms. The number of anilines is 2. The van der Waals surface area contributed by atoms with Crippen LogP contribution >= 0.6 is 0 Å². The molecule has 2 aromatic rings. The molecular formula is C14H16FN5. The minimum Gasteiger partial charge on any atom is -0.382 e. The summed E-state index contributed by atoms with van der Waals surface area (Å²) in [6, 6.07) is 7.87. The number of hydrogen-bond donors (Lipinski definition) is 2. The Kier molecular flexibility index (Phi) is 3.93. The number of aromatic nitrogens is 2. The molecule has 20 heavy (non-hydrogen) atoms. The standard InChI is InChI=1S/C14H16FN5/c1-3-20(11-6-4-5-10(15)8-11)14-18-9(2)7-12(19-14)13(16)17/h4-8H,3H2,1-2H3,(H3,16,17). The van der Waals surface area contributed by atoms with Gasteiger partial charge in [0.2, 0.25) is 5.95 Å². The number of hydrogen-bond acceptors (Lipinski definition) is 4. The number of nitrogens with two attached hydrogens (primary N) is 1. The van der Waals surface area contributed by atoms with E-state index in [1.54, 1.807) is 30.0 Å². The molecule has 0 aliphatic heterocycles. The van der Waals surface area contributed by atoms with Crippen LogP contribution in [0.1, 0.15) is 18.3 Å². The third-order valence-corrected chi connectivity index (χ3v) is 2.80. The van der Waals surface area contributed by atoms with Crippen molar-refractivity contribution in [2.75, 3.05) is 11.4 Å². The number of nitrogen functional groups attached to an aromatic ring is 1. The van der Waals surface area contributed by atoms with Gasteiger partial charge in [-0.3, -0.25) is 5.41 Å². The van der Waals surface area contributed by atoms with Crippen molar-refractivity contribution in [1.29, 1.82) is 5.41 Å². The molecule has 5 nitrogen and oxygen atoms in total. The average Bonchev–Trinajstić information content (AvgIpc) is 2.39. The molecule has 0 fully saturated rings. The van der Waals surface area contributed by atoms with Crippen molar-refractivity contribution >= 4 is 17.5 Å². The minimum absolute atomic E-state index is 0.118.